The Balaban J connectivity index is 1.43. The summed E-state index contributed by atoms with van der Waals surface area (Å²) < 4.78 is 51.0. The Kier molecular flexibility index (Phi) is 7.18. The summed E-state index contributed by atoms with van der Waals surface area (Å²) in [6.45, 7) is 1.84. The predicted octanol–water partition coefficient (Wildman–Crippen LogP) is 5.32. The lowest BCUT2D eigenvalue weighted by atomic mass is 10.1. The van der Waals surface area contributed by atoms with Gasteiger partial charge in [-0.15, -0.1) is 0 Å². The monoisotopic (exact) mass is 548 g/mol. The first-order chi connectivity index (χ1) is 19.2. The molecular weight excluding hydrogens is 525 g/mol. The number of nitrogens with two attached hydrogens (primary N) is 1. The quantitative estimate of drug-likeness (QED) is 0.280. The topological polar surface area (TPSA) is 129 Å². The van der Waals surface area contributed by atoms with E-state index in [1.54, 1.807) is 25.4 Å². The van der Waals surface area contributed by atoms with Crippen LogP contribution in [0, 0.1) is 0 Å². The van der Waals surface area contributed by atoms with E-state index in [1.165, 1.54) is 25.6 Å². The molecule has 0 aliphatic carbocycles. The normalized spacial score (nSPS) is 12.3. The molecule has 0 fully saturated rings. The Labute approximate surface area is 226 Å². The molecule has 0 saturated carbocycles. The number of amides is 1. The Morgan fingerprint density at radius 1 is 1.02 bits per heavy atom. The van der Waals surface area contributed by atoms with Crippen LogP contribution in [0.1, 0.15) is 40.5 Å². The molecule has 3 N–H and O–H groups in total. The van der Waals surface area contributed by atoms with Gasteiger partial charge in [0.2, 0.25) is 5.89 Å². The van der Waals surface area contributed by atoms with E-state index in [4.69, 9.17) is 14.9 Å². The number of ether oxygens (including phenoxy) is 1. The number of aromatic nitrogens is 4. The van der Waals surface area contributed by atoms with Crippen molar-refractivity contribution in [3.8, 4) is 28.3 Å². The number of fused-ring (bicyclic) bond motifs is 1. The molecule has 40 heavy (non-hydrogen) atoms. The molecule has 12 heteroatoms. The van der Waals surface area contributed by atoms with Gasteiger partial charge in [-0.2, -0.15) is 13.2 Å². The summed E-state index contributed by atoms with van der Waals surface area (Å²) in [6.07, 6.45) is 0.232. The van der Waals surface area contributed by atoms with Gasteiger partial charge in [0.15, 0.2) is 11.5 Å². The molecule has 3 heterocycles. The molecule has 1 amide bonds. The molecule has 0 aliphatic rings. The maximum Gasteiger partial charge on any atom is 0.433 e. The van der Waals surface area contributed by atoms with E-state index in [0.29, 0.717) is 10.9 Å². The number of pyridine rings is 1. The number of methoxy groups -OCH3 is 1. The Hall–Kier alpha value is -4.84. The van der Waals surface area contributed by atoms with Gasteiger partial charge >= 0.3 is 6.18 Å². The maximum atomic E-state index is 13.3. The summed E-state index contributed by atoms with van der Waals surface area (Å²) in [6, 6.07) is 12.0. The predicted molar refractivity (Wildman–Crippen MR) is 140 cm³/mol. The van der Waals surface area contributed by atoms with Crippen LogP contribution in [-0.4, -0.2) is 33.0 Å². The van der Waals surface area contributed by atoms with Gasteiger partial charge in [0.1, 0.15) is 23.3 Å². The average molecular weight is 549 g/mol. The number of nitrogens with zero attached hydrogens (tertiary/aromatic N) is 4. The molecule has 0 radical (unpaired) electrons. The maximum absolute atomic E-state index is 13.3. The fourth-order valence-corrected chi connectivity index (χ4v) is 4.15. The second-order valence-electron chi connectivity index (χ2n) is 8.93. The van der Waals surface area contributed by atoms with Crippen molar-refractivity contribution in [2.45, 2.75) is 25.7 Å². The van der Waals surface area contributed by atoms with Crippen LogP contribution in [0.5, 0.6) is 5.75 Å². The molecule has 1 atom stereocenters. The number of hydrogen-bond acceptors (Lipinski definition) is 8. The number of oxazole rings is 1. The zero-order valence-corrected chi connectivity index (χ0v) is 21.4. The van der Waals surface area contributed by atoms with Crippen molar-refractivity contribution in [3.63, 3.8) is 0 Å². The highest BCUT2D eigenvalue weighted by atomic mass is 19.4. The zero-order chi connectivity index (χ0) is 28.4. The van der Waals surface area contributed by atoms with Crippen molar-refractivity contribution in [2.75, 3.05) is 7.11 Å². The Bertz CT molecular complexity index is 1670. The van der Waals surface area contributed by atoms with E-state index in [-0.39, 0.29) is 35.2 Å². The van der Waals surface area contributed by atoms with E-state index < -0.39 is 23.8 Å². The van der Waals surface area contributed by atoms with E-state index in [2.05, 4.69) is 25.3 Å². The van der Waals surface area contributed by atoms with Gasteiger partial charge in [-0.3, -0.25) is 4.79 Å². The van der Waals surface area contributed by atoms with Gasteiger partial charge in [0, 0.05) is 35.5 Å². The number of hydrogen-bond donors (Lipinski definition) is 2. The lowest BCUT2D eigenvalue weighted by Crippen LogP contribution is -2.25. The molecule has 5 rings (SSSR count). The SMILES string of the molecule is COc1ccc(-c2nc(C(=O)NCc3ccc(-c4cncnc4)cc3)c([C@H](C)N)o2)c2ccc(C(F)(F)F)nc12. The third kappa shape index (κ3) is 5.34. The van der Waals surface area contributed by atoms with Crippen LogP contribution < -0.4 is 15.8 Å². The van der Waals surface area contributed by atoms with Gasteiger partial charge in [-0.1, -0.05) is 24.3 Å². The summed E-state index contributed by atoms with van der Waals surface area (Å²) in [4.78, 5) is 29.3. The number of nitrogens with one attached hydrogen (secondary N) is 1. The van der Waals surface area contributed by atoms with E-state index in [0.717, 1.165) is 22.8 Å². The van der Waals surface area contributed by atoms with Crippen LogP contribution in [0.15, 0.2) is 71.7 Å². The summed E-state index contributed by atoms with van der Waals surface area (Å²) in [5.74, 6) is -0.220. The van der Waals surface area contributed by atoms with E-state index >= 15 is 0 Å². The zero-order valence-electron chi connectivity index (χ0n) is 21.4. The second-order valence-corrected chi connectivity index (χ2v) is 8.93. The summed E-state index contributed by atoms with van der Waals surface area (Å²) in [7, 11) is 1.34. The van der Waals surface area contributed by atoms with Crippen LogP contribution in [0.2, 0.25) is 0 Å². The minimum atomic E-state index is -4.64. The third-order valence-electron chi connectivity index (χ3n) is 6.14. The lowest BCUT2D eigenvalue weighted by molar-refractivity contribution is -0.140. The van der Waals surface area contributed by atoms with Crippen LogP contribution in [-0.2, 0) is 12.7 Å². The fraction of sp³-hybridized carbons (Fsp3) is 0.179. The smallest absolute Gasteiger partial charge is 0.433 e. The number of carbonyl (C=O) groups is 1. The first kappa shape index (κ1) is 26.8. The van der Waals surface area contributed by atoms with Crippen molar-refractivity contribution in [2.24, 2.45) is 5.73 Å². The molecule has 9 nitrogen and oxygen atoms in total. The van der Waals surface area contributed by atoms with Crippen LogP contribution >= 0.6 is 0 Å². The van der Waals surface area contributed by atoms with Gasteiger partial charge in [-0.05, 0) is 42.3 Å². The minimum absolute atomic E-state index is 0.0149. The van der Waals surface area contributed by atoms with Crippen molar-refractivity contribution in [1.29, 1.82) is 0 Å². The first-order valence-corrected chi connectivity index (χ1v) is 12.1. The molecule has 3 aromatic heterocycles. The molecule has 5 aromatic rings. The van der Waals surface area contributed by atoms with Crippen molar-refractivity contribution >= 4 is 16.8 Å². The van der Waals surface area contributed by atoms with Gasteiger partial charge in [0.25, 0.3) is 5.91 Å². The summed E-state index contributed by atoms with van der Waals surface area (Å²) >= 11 is 0. The van der Waals surface area contributed by atoms with Crippen LogP contribution in [0.3, 0.4) is 0 Å². The van der Waals surface area contributed by atoms with Crippen molar-refractivity contribution < 1.29 is 27.1 Å². The standard InChI is InChI=1S/C28H23F3N6O3/c1-15(32)25-24(26(38)35-11-16-3-5-17(6-4-16)18-12-33-14-34-13-18)37-27(40-25)20-7-9-21(39-2)23-19(20)8-10-22(36-23)28(29,30)31/h3-10,12-15H,11,32H2,1-2H3,(H,35,38)/t15-/m0/s1. The lowest BCUT2D eigenvalue weighted by Gasteiger charge is -2.11. The number of rotatable bonds is 7. The molecule has 0 spiro atoms. The van der Waals surface area contributed by atoms with E-state index in [1.807, 2.05) is 24.3 Å². The second kappa shape index (κ2) is 10.7. The third-order valence-corrected chi connectivity index (χ3v) is 6.14. The molecule has 0 bridgehead atoms. The van der Waals surface area contributed by atoms with Crippen LogP contribution in [0.4, 0.5) is 13.2 Å². The van der Waals surface area contributed by atoms with Crippen molar-refractivity contribution in [3.05, 3.63) is 90.0 Å². The highest BCUT2D eigenvalue weighted by Gasteiger charge is 2.33. The van der Waals surface area contributed by atoms with Gasteiger partial charge in [0.05, 0.1) is 13.2 Å². The molecule has 0 unspecified atom stereocenters. The number of halogens is 3. The number of alkyl halides is 3. The number of benzene rings is 2. The Morgan fingerprint density at radius 2 is 1.75 bits per heavy atom. The minimum Gasteiger partial charge on any atom is -0.494 e. The highest BCUT2D eigenvalue weighted by molar-refractivity contribution is 5.98. The van der Waals surface area contributed by atoms with Gasteiger partial charge < -0.3 is 20.2 Å². The fourth-order valence-electron chi connectivity index (χ4n) is 4.15. The summed E-state index contributed by atoms with van der Waals surface area (Å²) in [5, 5.41) is 3.12. The van der Waals surface area contributed by atoms with Gasteiger partial charge in [-0.25, -0.2) is 19.9 Å². The largest absolute Gasteiger partial charge is 0.494 e. The molecule has 0 saturated heterocycles. The number of carbonyl (C=O) groups excluding carboxylic acids is 1. The average Bonchev–Trinajstić information content (AvgIpc) is 3.41. The van der Waals surface area contributed by atoms with E-state index in [9.17, 15) is 18.0 Å². The summed E-state index contributed by atoms with van der Waals surface area (Å²) in [5.41, 5.74) is 7.93. The molecule has 2 aromatic carbocycles. The Morgan fingerprint density at radius 3 is 2.40 bits per heavy atom. The van der Waals surface area contributed by atoms with Crippen molar-refractivity contribution in [1.82, 2.24) is 25.3 Å². The molecule has 0 aliphatic heterocycles. The van der Waals surface area contributed by atoms with Crippen LogP contribution in [0.25, 0.3) is 33.5 Å². The first-order valence-electron chi connectivity index (χ1n) is 12.1. The molecule has 204 valence electrons. The molecular formula is C28H23F3N6O3. The highest BCUT2D eigenvalue weighted by Crippen LogP contribution is 2.37.